The van der Waals surface area contributed by atoms with E-state index in [0.717, 1.165) is 16.3 Å². The molecule has 3 aromatic heterocycles. The SMILES string of the molecule is O=C(CCSc1ccccc1)NCc1nnc2ccc(-c3cccs3)nn12. The predicted octanol–water partition coefficient (Wildman–Crippen LogP) is 3.65. The number of hydrogen-bond donors (Lipinski definition) is 1. The van der Waals surface area contributed by atoms with Crippen LogP contribution in [0.5, 0.6) is 0 Å². The number of fused-ring (bicyclic) bond motifs is 1. The van der Waals surface area contributed by atoms with Crippen LogP contribution in [-0.4, -0.2) is 31.5 Å². The van der Waals surface area contributed by atoms with E-state index in [-0.39, 0.29) is 5.91 Å². The van der Waals surface area contributed by atoms with Crippen LogP contribution in [0.2, 0.25) is 0 Å². The van der Waals surface area contributed by atoms with Crippen LogP contribution in [0.3, 0.4) is 0 Å². The van der Waals surface area contributed by atoms with Crippen LogP contribution in [0, 0.1) is 0 Å². The second-order valence-corrected chi connectivity index (χ2v) is 7.89. The summed E-state index contributed by atoms with van der Waals surface area (Å²) in [4.78, 5) is 14.4. The normalized spacial score (nSPS) is 11.0. The van der Waals surface area contributed by atoms with E-state index in [9.17, 15) is 4.79 Å². The van der Waals surface area contributed by atoms with Gasteiger partial charge in [0.2, 0.25) is 5.91 Å². The van der Waals surface area contributed by atoms with Gasteiger partial charge < -0.3 is 5.32 Å². The minimum Gasteiger partial charge on any atom is -0.349 e. The molecule has 0 spiro atoms. The molecule has 0 aliphatic heterocycles. The maximum atomic E-state index is 12.1. The zero-order valence-electron chi connectivity index (χ0n) is 14.4. The highest BCUT2D eigenvalue weighted by atomic mass is 32.2. The summed E-state index contributed by atoms with van der Waals surface area (Å²) in [6.07, 6.45) is 0.449. The molecule has 1 aromatic carbocycles. The molecule has 0 radical (unpaired) electrons. The Balaban J connectivity index is 1.35. The minimum atomic E-state index is -0.00964. The molecule has 0 bridgehead atoms. The van der Waals surface area contributed by atoms with Gasteiger partial charge in [0.15, 0.2) is 11.5 Å². The number of benzene rings is 1. The third-order valence-electron chi connectivity index (χ3n) is 3.89. The first-order valence-corrected chi connectivity index (χ1v) is 10.4. The minimum absolute atomic E-state index is 0.00964. The van der Waals surface area contributed by atoms with E-state index in [1.807, 2.05) is 60.0 Å². The second-order valence-electron chi connectivity index (χ2n) is 5.77. The molecular weight excluding hydrogens is 378 g/mol. The van der Waals surface area contributed by atoms with Crippen LogP contribution < -0.4 is 5.32 Å². The van der Waals surface area contributed by atoms with Gasteiger partial charge in [0.25, 0.3) is 0 Å². The molecular formula is C19H17N5OS2. The third kappa shape index (κ3) is 4.35. The van der Waals surface area contributed by atoms with Crippen molar-refractivity contribution in [1.29, 1.82) is 0 Å². The molecule has 1 amide bonds. The van der Waals surface area contributed by atoms with E-state index >= 15 is 0 Å². The highest BCUT2D eigenvalue weighted by Gasteiger charge is 2.10. The van der Waals surface area contributed by atoms with Crippen molar-refractivity contribution in [1.82, 2.24) is 25.1 Å². The Morgan fingerprint density at radius 3 is 2.78 bits per heavy atom. The second kappa shape index (κ2) is 8.32. The summed E-state index contributed by atoms with van der Waals surface area (Å²) < 4.78 is 1.69. The summed E-state index contributed by atoms with van der Waals surface area (Å²) in [6.45, 7) is 0.302. The fourth-order valence-electron chi connectivity index (χ4n) is 2.54. The predicted molar refractivity (Wildman–Crippen MR) is 108 cm³/mol. The smallest absolute Gasteiger partial charge is 0.221 e. The van der Waals surface area contributed by atoms with Crippen molar-refractivity contribution in [3.63, 3.8) is 0 Å². The average Bonchev–Trinajstić information content (AvgIpc) is 3.37. The van der Waals surface area contributed by atoms with E-state index in [1.54, 1.807) is 27.6 Å². The molecule has 0 atom stereocenters. The summed E-state index contributed by atoms with van der Waals surface area (Å²) in [5.74, 6) is 1.34. The van der Waals surface area contributed by atoms with Gasteiger partial charge in [-0.2, -0.15) is 9.61 Å². The number of amides is 1. The molecule has 27 heavy (non-hydrogen) atoms. The van der Waals surface area contributed by atoms with Crippen molar-refractivity contribution in [3.05, 3.63) is 65.8 Å². The molecule has 0 saturated heterocycles. The van der Waals surface area contributed by atoms with E-state index in [1.165, 1.54) is 4.90 Å². The fraction of sp³-hybridized carbons (Fsp3) is 0.158. The number of nitrogens with zero attached hydrogens (tertiary/aromatic N) is 4. The Morgan fingerprint density at radius 1 is 1.07 bits per heavy atom. The molecule has 3 heterocycles. The van der Waals surface area contributed by atoms with Gasteiger partial charge in [0.05, 0.1) is 11.4 Å². The highest BCUT2D eigenvalue weighted by molar-refractivity contribution is 7.99. The quantitative estimate of drug-likeness (QED) is 0.484. The van der Waals surface area contributed by atoms with Gasteiger partial charge in [-0.25, -0.2) is 0 Å². The Hall–Kier alpha value is -2.71. The van der Waals surface area contributed by atoms with Crippen LogP contribution in [0.1, 0.15) is 12.2 Å². The van der Waals surface area contributed by atoms with Gasteiger partial charge >= 0.3 is 0 Å². The van der Waals surface area contributed by atoms with E-state index in [0.29, 0.717) is 24.4 Å². The molecule has 1 N–H and O–H groups in total. The number of rotatable bonds is 7. The molecule has 0 aliphatic rings. The van der Waals surface area contributed by atoms with Crippen molar-refractivity contribution in [2.75, 3.05) is 5.75 Å². The number of aromatic nitrogens is 4. The maximum Gasteiger partial charge on any atom is 0.221 e. The Morgan fingerprint density at radius 2 is 1.96 bits per heavy atom. The van der Waals surface area contributed by atoms with Crippen LogP contribution in [-0.2, 0) is 11.3 Å². The first kappa shape index (κ1) is 17.7. The molecule has 4 rings (SSSR count). The molecule has 8 heteroatoms. The largest absolute Gasteiger partial charge is 0.349 e. The molecule has 0 fully saturated rings. The highest BCUT2D eigenvalue weighted by Crippen LogP contribution is 2.22. The van der Waals surface area contributed by atoms with Crippen molar-refractivity contribution in [3.8, 4) is 10.6 Å². The van der Waals surface area contributed by atoms with Crippen molar-refractivity contribution < 1.29 is 4.79 Å². The molecule has 4 aromatic rings. The van der Waals surface area contributed by atoms with Crippen LogP contribution in [0.15, 0.2) is 64.9 Å². The van der Waals surface area contributed by atoms with Crippen LogP contribution >= 0.6 is 23.1 Å². The van der Waals surface area contributed by atoms with Crippen molar-refractivity contribution >= 4 is 34.7 Å². The Labute approximate surface area is 164 Å². The number of carbonyl (C=O) groups excluding carboxylic acids is 1. The van der Waals surface area contributed by atoms with Gasteiger partial charge in [-0.05, 0) is 35.7 Å². The third-order valence-corrected chi connectivity index (χ3v) is 5.79. The standard InChI is InChI=1S/C19H17N5OS2/c25-19(10-12-26-14-5-2-1-3-6-14)20-13-18-22-21-17-9-8-15(23-24(17)18)16-7-4-11-27-16/h1-9,11H,10,12-13H2,(H,20,25). The average molecular weight is 396 g/mol. The van der Waals surface area contributed by atoms with Crippen LogP contribution in [0.25, 0.3) is 16.2 Å². The van der Waals surface area contributed by atoms with Gasteiger partial charge in [-0.15, -0.1) is 33.3 Å². The van der Waals surface area contributed by atoms with Gasteiger partial charge in [-0.1, -0.05) is 24.3 Å². The number of thioether (sulfide) groups is 1. The van der Waals surface area contributed by atoms with Crippen molar-refractivity contribution in [2.45, 2.75) is 17.9 Å². The molecule has 136 valence electrons. The summed E-state index contributed by atoms with van der Waals surface area (Å²) in [7, 11) is 0. The van der Waals surface area contributed by atoms with Crippen LogP contribution in [0.4, 0.5) is 0 Å². The fourth-order valence-corrected chi connectivity index (χ4v) is 4.11. The van der Waals surface area contributed by atoms with Gasteiger partial charge in [-0.3, -0.25) is 4.79 Å². The maximum absolute atomic E-state index is 12.1. The topological polar surface area (TPSA) is 72.2 Å². The van der Waals surface area contributed by atoms with E-state index in [2.05, 4.69) is 20.6 Å². The summed E-state index contributed by atoms with van der Waals surface area (Å²) in [5, 5.41) is 17.8. The van der Waals surface area contributed by atoms with Crippen molar-refractivity contribution in [2.24, 2.45) is 0 Å². The number of carbonyl (C=O) groups is 1. The van der Waals surface area contributed by atoms with E-state index in [4.69, 9.17) is 0 Å². The number of nitrogens with one attached hydrogen (secondary N) is 1. The summed E-state index contributed by atoms with van der Waals surface area (Å²) in [6, 6.07) is 17.9. The molecule has 0 unspecified atom stereocenters. The first-order chi connectivity index (χ1) is 13.3. The molecule has 0 saturated carbocycles. The summed E-state index contributed by atoms with van der Waals surface area (Å²) >= 11 is 3.30. The van der Waals surface area contributed by atoms with Gasteiger partial charge in [0.1, 0.15) is 5.69 Å². The lowest BCUT2D eigenvalue weighted by Crippen LogP contribution is -2.24. The molecule has 6 nitrogen and oxygen atoms in total. The monoisotopic (exact) mass is 395 g/mol. The zero-order chi connectivity index (χ0) is 18.5. The lowest BCUT2D eigenvalue weighted by Gasteiger charge is -2.05. The number of hydrogen-bond acceptors (Lipinski definition) is 6. The molecule has 0 aliphatic carbocycles. The van der Waals surface area contributed by atoms with E-state index < -0.39 is 0 Å². The lowest BCUT2D eigenvalue weighted by molar-refractivity contribution is -0.120. The summed E-state index contributed by atoms with van der Waals surface area (Å²) in [5.41, 5.74) is 1.53. The zero-order valence-corrected chi connectivity index (χ0v) is 16.0. The van der Waals surface area contributed by atoms with Gasteiger partial charge in [0, 0.05) is 17.1 Å². The Kier molecular flexibility index (Phi) is 5.45. The number of thiophene rings is 1. The first-order valence-electron chi connectivity index (χ1n) is 8.49. The lowest BCUT2D eigenvalue weighted by atomic mass is 10.3. The Bertz CT molecular complexity index is 1030.